The van der Waals surface area contributed by atoms with E-state index in [1.54, 1.807) is 0 Å². The molecule has 0 saturated heterocycles. The summed E-state index contributed by atoms with van der Waals surface area (Å²) in [5.74, 6) is -0.187. The zero-order chi connectivity index (χ0) is 12.3. The molecule has 1 aliphatic rings. The molecule has 4 nitrogen and oxygen atoms in total. The van der Waals surface area contributed by atoms with Crippen LogP contribution in [-0.2, 0) is 16.0 Å². The summed E-state index contributed by atoms with van der Waals surface area (Å²) >= 11 is 0. The number of rotatable bonds is 4. The third kappa shape index (κ3) is 2.65. The van der Waals surface area contributed by atoms with E-state index in [2.05, 4.69) is 5.32 Å². The fourth-order valence-electron chi connectivity index (χ4n) is 2.16. The molecule has 4 heteroatoms. The van der Waals surface area contributed by atoms with Crippen molar-refractivity contribution < 1.29 is 14.6 Å². The van der Waals surface area contributed by atoms with Gasteiger partial charge in [-0.25, -0.2) is 0 Å². The first kappa shape index (κ1) is 12.1. The first-order valence-corrected chi connectivity index (χ1v) is 5.85. The van der Waals surface area contributed by atoms with E-state index >= 15 is 0 Å². The van der Waals surface area contributed by atoms with Crippen LogP contribution in [0.5, 0.6) is 0 Å². The molecule has 1 amide bonds. The van der Waals surface area contributed by atoms with Gasteiger partial charge in [-0.2, -0.15) is 0 Å². The van der Waals surface area contributed by atoms with Crippen LogP contribution in [0.2, 0.25) is 0 Å². The van der Waals surface area contributed by atoms with Gasteiger partial charge in [-0.3, -0.25) is 4.79 Å². The number of aliphatic hydroxyl groups excluding tert-OH is 1. The van der Waals surface area contributed by atoms with E-state index in [9.17, 15) is 9.90 Å². The number of amides is 1. The van der Waals surface area contributed by atoms with Crippen LogP contribution < -0.4 is 5.32 Å². The first-order valence-electron chi connectivity index (χ1n) is 5.85. The average Bonchev–Trinajstić information content (AvgIpc) is 2.64. The van der Waals surface area contributed by atoms with Gasteiger partial charge in [0, 0.05) is 13.0 Å². The molecule has 2 N–H and O–H groups in total. The van der Waals surface area contributed by atoms with Gasteiger partial charge >= 0.3 is 0 Å². The van der Waals surface area contributed by atoms with Crippen molar-refractivity contribution in [2.45, 2.75) is 25.5 Å². The number of aliphatic hydroxyl groups is 1. The lowest BCUT2D eigenvalue weighted by Crippen LogP contribution is -2.36. The standard InChI is InChI=1S/C13H17NO3/c1-2-17-8-12(16)14-13-10-6-4-3-5-9(10)7-11(13)15/h3-6,11,13,15H,2,7-8H2,1H3,(H,14,16)/t11-,13+/m0/s1. The Morgan fingerprint density at radius 3 is 3.06 bits per heavy atom. The minimum atomic E-state index is -0.544. The predicted octanol–water partition coefficient (Wildman–Crippen LogP) is 0.797. The summed E-state index contributed by atoms with van der Waals surface area (Å²) in [6, 6.07) is 7.47. The van der Waals surface area contributed by atoms with Gasteiger partial charge in [0.1, 0.15) is 6.61 Å². The summed E-state index contributed by atoms with van der Waals surface area (Å²) in [5, 5.41) is 12.7. The van der Waals surface area contributed by atoms with E-state index in [0.29, 0.717) is 13.0 Å². The van der Waals surface area contributed by atoms with Gasteiger partial charge in [0.15, 0.2) is 0 Å². The zero-order valence-corrected chi connectivity index (χ0v) is 9.85. The molecule has 0 fully saturated rings. The minimum absolute atomic E-state index is 0.0435. The summed E-state index contributed by atoms with van der Waals surface area (Å²) in [7, 11) is 0. The second-order valence-electron chi connectivity index (χ2n) is 4.15. The maximum Gasteiger partial charge on any atom is 0.246 e. The topological polar surface area (TPSA) is 58.6 Å². The van der Waals surface area contributed by atoms with Crippen LogP contribution in [0.25, 0.3) is 0 Å². The van der Waals surface area contributed by atoms with Gasteiger partial charge in [0.05, 0.1) is 12.1 Å². The summed E-state index contributed by atoms with van der Waals surface area (Å²) in [5.41, 5.74) is 2.10. The second kappa shape index (κ2) is 5.29. The lowest BCUT2D eigenvalue weighted by atomic mass is 10.1. The van der Waals surface area contributed by atoms with Crippen molar-refractivity contribution in [3.05, 3.63) is 35.4 Å². The zero-order valence-electron chi connectivity index (χ0n) is 9.85. The third-order valence-electron chi connectivity index (χ3n) is 2.96. The molecule has 0 spiro atoms. The first-order chi connectivity index (χ1) is 8.22. The number of carbonyl (C=O) groups is 1. The van der Waals surface area contributed by atoms with E-state index in [-0.39, 0.29) is 18.6 Å². The predicted molar refractivity (Wildman–Crippen MR) is 63.5 cm³/mol. The molecule has 0 heterocycles. The quantitative estimate of drug-likeness (QED) is 0.811. The monoisotopic (exact) mass is 235 g/mol. The number of carbonyl (C=O) groups excluding carboxylic acids is 1. The lowest BCUT2D eigenvalue weighted by molar-refractivity contribution is -0.127. The fraction of sp³-hybridized carbons (Fsp3) is 0.462. The normalized spacial score (nSPS) is 22.2. The Balaban J connectivity index is 2.04. The molecule has 0 radical (unpaired) electrons. The van der Waals surface area contributed by atoms with Gasteiger partial charge < -0.3 is 15.2 Å². The number of nitrogens with one attached hydrogen (secondary N) is 1. The van der Waals surface area contributed by atoms with Crippen molar-refractivity contribution in [3.8, 4) is 0 Å². The highest BCUT2D eigenvalue weighted by molar-refractivity contribution is 5.78. The highest BCUT2D eigenvalue weighted by Crippen LogP contribution is 2.30. The van der Waals surface area contributed by atoms with Crippen molar-refractivity contribution in [1.29, 1.82) is 0 Å². The summed E-state index contributed by atoms with van der Waals surface area (Å²) in [6.07, 6.45) is 0.0495. The second-order valence-corrected chi connectivity index (χ2v) is 4.15. The molecule has 0 saturated carbocycles. The maximum absolute atomic E-state index is 11.6. The van der Waals surface area contributed by atoms with Crippen LogP contribution in [0.15, 0.2) is 24.3 Å². The lowest BCUT2D eigenvalue weighted by Gasteiger charge is -2.17. The van der Waals surface area contributed by atoms with Crippen LogP contribution in [0, 0.1) is 0 Å². The number of ether oxygens (including phenoxy) is 1. The minimum Gasteiger partial charge on any atom is -0.390 e. The van der Waals surface area contributed by atoms with Crippen molar-refractivity contribution in [2.24, 2.45) is 0 Å². The molecule has 0 unspecified atom stereocenters. The smallest absolute Gasteiger partial charge is 0.246 e. The molecule has 17 heavy (non-hydrogen) atoms. The number of hydrogen-bond donors (Lipinski definition) is 2. The molecule has 2 rings (SSSR count). The third-order valence-corrected chi connectivity index (χ3v) is 2.96. The van der Waals surface area contributed by atoms with Crippen LogP contribution in [0.3, 0.4) is 0 Å². The van der Waals surface area contributed by atoms with E-state index in [1.165, 1.54) is 0 Å². The molecule has 1 aliphatic carbocycles. The highest BCUT2D eigenvalue weighted by Gasteiger charge is 2.31. The maximum atomic E-state index is 11.6. The Kier molecular flexibility index (Phi) is 3.76. The fourth-order valence-corrected chi connectivity index (χ4v) is 2.16. The average molecular weight is 235 g/mol. The Morgan fingerprint density at radius 2 is 2.29 bits per heavy atom. The number of fused-ring (bicyclic) bond motifs is 1. The number of benzene rings is 1. The van der Waals surface area contributed by atoms with Crippen LogP contribution >= 0.6 is 0 Å². The molecule has 1 aromatic rings. The van der Waals surface area contributed by atoms with Gasteiger partial charge in [-0.05, 0) is 18.1 Å². The molecule has 0 bridgehead atoms. The van der Waals surface area contributed by atoms with Gasteiger partial charge in [0.2, 0.25) is 5.91 Å². The number of hydrogen-bond acceptors (Lipinski definition) is 3. The van der Waals surface area contributed by atoms with Crippen molar-refractivity contribution >= 4 is 5.91 Å². The molecule has 2 atom stereocenters. The molecule has 0 aliphatic heterocycles. The molecule has 1 aromatic carbocycles. The summed E-state index contributed by atoms with van der Waals surface area (Å²) in [4.78, 5) is 11.6. The summed E-state index contributed by atoms with van der Waals surface area (Å²) in [6.45, 7) is 2.39. The van der Waals surface area contributed by atoms with Crippen LogP contribution in [0.4, 0.5) is 0 Å². The van der Waals surface area contributed by atoms with Crippen LogP contribution in [-0.4, -0.2) is 30.3 Å². The van der Waals surface area contributed by atoms with Crippen molar-refractivity contribution in [3.63, 3.8) is 0 Å². The van der Waals surface area contributed by atoms with Crippen LogP contribution in [0.1, 0.15) is 24.1 Å². The van der Waals surface area contributed by atoms with E-state index in [1.807, 2.05) is 31.2 Å². The Bertz CT molecular complexity index is 405. The summed E-state index contributed by atoms with van der Waals surface area (Å²) < 4.78 is 5.04. The molecular formula is C13H17NO3. The van der Waals surface area contributed by atoms with E-state index < -0.39 is 6.10 Å². The highest BCUT2D eigenvalue weighted by atomic mass is 16.5. The van der Waals surface area contributed by atoms with E-state index in [0.717, 1.165) is 11.1 Å². The van der Waals surface area contributed by atoms with Crippen molar-refractivity contribution in [1.82, 2.24) is 5.32 Å². The Labute approximate surface area is 101 Å². The molecule has 0 aromatic heterocycles. The van der Waals surface area contributed by atoms with Crippen molar-refractivity contribution in [2.75, 3.05) is 13.2 Å². The van der Waals surface area contributed by atoms with E-state index in [4.69, 9.17) is 4.74 Å². The van der Waals surface area contributed by atoms with Gasteiger partial charge in [-0.15, -0.1) is 0 Å². The Hall–Kier alpha value is -1.39. The SMILES string of the molecule is CCOCC(=O)N[C@@H]1c2ccccc2C[C@@H]1O. The molecule has 92 valence electrons. The largest absolute Gasteiger partial charge is 0.390 e. The Morgan fingerprint density at radius 1 is 1.53 bits per heavy atom. The van der Waals surface area contributed by atoms with Gasteiger partial charge in [0.25, 0.3) is 0 Å². The molecular weight excluding hydrogens is 218 g/mol. The van der Waals surface area contributed by atoms with Gasteiger partial charge in [-0.1, -0.05) is 24.3 Å².